The van der Waals surface area contributed by atoms with Gasteiger partial charge >= 0.3 is 124 Å². The third-order valence-corrected chi connectivity index (χ3v) is 4.23. The molecule has 1 aromatic carbocycles. The van der Waals surface area contributed by atoms with Crippen LogP contribution in [-0.2, 0) is 12.1 Å². The third kappa shape index (κ3) is 2.62. The molecule has 0 atom stereocenters. The van der Waals surface area contributed by atoms with Crippen molar-refractivity contribution in [2.24, 2.45) is 0 Å². The number of hydrogen-bond acceptors (Lipinski definition) is 4. The summed E-state index contributed by atoms with van der Waals surface area (Å²) in [4.78, 5) is 0. The molecule has 0 saturated carbocycles. The van der Waals surface area contributed by atoms with Crippen LogP contribution in [0.4, 0.5) is 5.69 Å². The molecular formula is C14H17N5Se. The van der Waals surface area contributed by atoms with Crippen molar-refractivity contribution in [2.45, 2.75) is 32.9 Å². The van der Waals surface area contributed by atoms with E-state index in [1.165, 1.54) is 0 Å². The standard InChI is InChI=1S/C14H17N5Se/c1-14(2,3)19-9-10(8-16-19)7-15-11-5-4-6-12-13(11)18-20-17-12/h4-6,8-9,15H,7H2,1-3H3. The summed E-state index contributed by atoms with van der Waals surface area (Å²) in [5, 5.41) is 7.84. The van der Waals surface area contributed by atoms with E-state index in [1.54, 1.807) is 0 Å². The molecule has 0 aliphatic rings. The molecule has 0 spiro atoms. The Morgan fingerprint density at radius 2 is 2.10 bits per heavy atom. The first-order valence-electron chi connectivity index (χ1n) is 6.53. The van der Waals surface area contributed by atoms with E-state index < -0.39 is 0 Å². The molecule has 0 radical (unpaired) electrons. The second-order valence-electron chi connectivity index (χ2n) is 5.76. The predicted molar refractivity (Wildman–Crippen MR) is 81.0 cm³/mol. The van der Waals surface area contributed by atoms with Crippen molar-refractivity contribution in [1.29, 1.82) is 0 Å². The van der Waals surface area contributed by atoms with Crippen LogP contribution in [0.5, 0.6) is 0 Å². The number of nitrogens with zero attached hydrogens (tertiary/aromatic N) is 4. The Balaban J connectivity index is 1.76. The van der Waals surface area contributed by atoms with Gasteiger partial charge in [0.05, 0.1) is 0 Å². The van der Waals surface area contributed by atoms with E-state index in [0.717, 1.165) is 28.8 Å². The zero-order chi connectivity index (χ0) is 14.2. The molecule has 1 N–H and O–H groups in total. The Morgan fingerprint density at radius 1 is 1.25 bits per heavy atom. The molecule has 2 aromatic heterocycles. The summed E-state index contributed by atoms with van der Waals surface area (Å²) in [7, 11) is 0. The van der Waals surface area contributed by atoms with E-state index in [4.69, 9.17) is 0 Å². The van der Waals surface area contributed by atoms with Crippen LogP contribution in [0.3, 0.4) is 0 Å². The summed E-state index contributed by atoms with van der Waals surface area (Å²) in [6.07, 6.45) is 3.99. The Hall–Kier alpha value is -1.65. The molecule has 0 saturated heterocycles. The van der Waals surface area contributed by atoms with Gasteiger partial charge in [0.15, 0.2) is 0 Å². The van der Waals surface area contributed by atoms with Crippen molar-refractivity contribution in [2.75, 3.05) is 5.32 Å². The Morgan fingerprint density at radius 3 is 2.85 bits per heavy atom. The molecule has 0 unspecified atom stereocenters. The summed E-state index contributed by atoms with van der Waals surface area (Å²) in [6.45, 7) is 7.17. The van der Waals surface area contributed by atoms with Crippen LogP contribution in [0.25, 0.3) is 11.0 Å². The van der Waals surface area contributed by atoms with Crippen molar-refractivity contribution >= 4 is 31.7 Å². The number of fused-ring (bicyclic) bond motifs is 1. The number of benzene rings is 1. The zero-order valence-electron chi connectivity index (χ0n) is 11.8. The molecule has 0 amide bonds. The molecular weight excluding hydrogens is 317 g/mol. The fourth-order valence-electron chi connectivity index (χ4n) is 1.96. The monoisotopic (exact) mass is 335 g/mol. The summed E-state index contributed by atoms with van der Waals surface area (Å²) in [6, 6.07) is 6.07. The molecule has 2 heterocycles. The van der Waals surface area contributed by atoms with E-state index >= 15 is 0 Å². The first kappa shape index (κ1) is 13.3. The van der Waals surface area contributed by atoms with Crippen LogP contribution in [-0.4, -0.2) is 32.7 Å². The van der Waals surface area contributed by atoms with Gasteiger partial charge in [-0.3, -0.25) is 0 Å². The predicted octanol–water partition coefficient (Wildman–Crippen LogP) is 2.25. The van der Waals surface area contributed by atoms with E-state index in [-0.39, 0.29) is 20.5 Å². The molecule has 3 aromatic rings. The minimum atomic E-state index is 0.0111. The molecule has 5 nitrogen and oxygen atoms in total. The average molecular weight is 334 g/mol. The van der Waals surface area contributed by atoms with E-state index in [0.29, 0.717) is 0 Å². The molecule has 0 aliphatic carbocycles. The second-order valence-corrected chi connectivity index (χ2v) is 6.86. The molecule has 3 rings (SSSR count). The minimum absolute atomic E-state index is 0.0111. The van der Waals surface area contributed by atoms with Crippen molar-refractivity contribution in [1.82, 2.24) is 17.7 Å². The molecule has 0 bridgehead atoms. The maximum atomic E-state index is 4.47. The van der Waals surface area contributed by atoms with Gasteiger partial charge in [-0.1, -0.05) is 0 Å². The average Bonchev–Trinajstić information content (AvgIpc) is 3.04. The fraction of sp³-hybridized carbons (Fsp3) is 0.357. The van der Waals surface area contributed by atoms with Crippen molar-refractivity contribution in [3.05, 3.63) is 36.2 Å². The summed E-state index contributed by atoms with van der Waals surface area (Å²) < 4.78 is 10.8. The Labute approximate surface area is 124 Å². The normalized spacial score (nSPS) is 11.9. The van der Waals surface area contributed by atoms with Gasteiger partial charge in [0, 0.05) is 0 Å². The van der Waals surface area contributed by atoms with Gasteiger partial charge in [0.25, 0.3) is 0 Å². The van der Waals surface area contributed by atoms with Gasteiger partial charge in [0.1, 0.15) is 0 Å². The van der Waals surface area contributed by atoms with Crippen LogP contribution in [0.15, 0.2) is 30.6 Å². The van der Waals surface area contributed by atoms with Gasteiger partial charge in [-0.25, -0.2) is 0 Å². The number of hydrogen-bond donors (Lipinski definition) is 1. The van der Waals surface area contributed by atoms with Crippen LogP contribution >= 0.6 is 0 Å². The molecule has 20 heavy (non-hydrogen) atoms. The van der Waals surface area contributed by atoms with Crippen molar-refractivity contribution in [3.63, 3.8) is 0 Å². The van der Waals surface area contributed by atoms with E-state index in [2.05, 4.69) is 45.3 Å². The second kappa shape index (κ2) is 5.03. The molecule has 0 fully saturated rings. The van der Waals surface area contributed by atoms with Crippen LogP contribution in [0.2, 0.25) is 0 Å². The van der Waals surface area contributed by atoms with Crippen molar-refractivity contribution in [3.8, 4) is 0 Å². The van der Waals surface area contributed by atoms with Crippen molar-refractivity contribution < 1.29 is 0 Å². The Bertz CT molecular complexity index is 722. The Kier molecular flexibility index (Phi) is 3.36. The van der Waals surface area contributed by atoms with Gasteiger partial charge in [0.2, 0.25) is 0 Å². The van der Waals surface area contributed by atoms with Gasteiger partial charge in [-0.15, -0.1) is 0 Å². The fourth-order valence-corrected chi connectivity index (χ4v) is 3.12. The summed E-state index contributed by atoms with van der Waals surface area (Å²) in [5.41, 5.74) is 4.23. The summed E-state index contributed by atoms with van der Waals surface area (Å²) in [5.74, 6) is 0. The van der Waals surface area contributed by atoms with Crippen LogP contribution in [0, 0.1) is 0 Å². The van der Waals surface area contributed by atoms with Gasteiger partial charge in [-0.05, 0) is 0 Å². The van der Waals surface area contributed by atoms with Crippen LogP contribution in [0.1, 0.15) is 26.3 Å². The molecule has 6 heteroatoms. The number of rotatable bonds is 3. The first-order chi connectivity index (χ1) is 9.54. The summed E-state index contributed by atoms with van der Waals surface area (Å²) >= 11 is 0.0111. The SMILES string of the molecule is CC(C)(C)n1cc(CNc2cccc3n[se]nc23)cn1. The third-order valence-electron chi connectivity index (χ3n) is 3.09. The molecule has 104 valence electrons. The van der Waals surface area contributed by atoms with Crippen LogP contribution < -0.4 is 5.32 Å². The number of aromatic nitrogens is 4. The number of anilines is 1. The number of nitrogens with one attached hydrogen (secondary N) is 1. The van der Waals surface area contributed by atoms with E-state index in [1.807, 2.05) is 29.1 Å². The quantitative estimate of drug-likeness (QED) is 0.747. The maximum absolute atomic E-state index is 4.47. The topological polar surface area (TPSA) is 55.6 Å². The zero-order valence-corrected chi connectivity index (χ0v) is 13.5. The first-order valence-corrected chi connectivity index (χ1v) is 8.06. The van der Waals surface area contributed by atoms with Gasteiger partial charge in [-0.2, -0.15) is 0 Å². The van der Waals surface area contributed by atoms with Gasteiger partial charge < -0.3 is 0 Å². The van der Waals surface area contributed by atoms with E-state index in [9.17, 15) is 0 Å². The molecule has 0 aliphatic heterocycles.